The number of halogens is 3. The second kappa shape index (κ2) is 10.0. The van der Waals surface area contributed by atoms with E-state index in [0.717, 1.165) is 0 Å². The van der Waals surface area contributed by atoms with E-state index in [1.807, 2.05) is 0 Å². The first-order valence-corrected chi connectivity index (χ1v) is 11.4. The van der Waals surface area contributed by atoms with Crippen molar-refractivity contribution in [2.45, 2.75) is 52.7 Å². The zero-order valence-electron chi connectivity index (χ0n) is 18.8. The Morgan fingerprint density at radius 1 is 1.27 bits per heavy atom. The molecule has 1 aromatic carbocycles. The zero-order chi connectivity index (χ0) is 25.1. The topological polar surface area (TPSA) is 105 Å². The molecule has 0 spiro atoms. The second-order valence-corrected chi connectivity index (χ2v) is 9.03. The molecule has 0 aliphatic carbocycles. The molecule has 184 valence electrons. The lowest BCUT2D eigenvalue weighted by Gasteiger charge is -2.19. The summed E-state index contributed by atoms with van der Waals surface area (Å²) in [5, 5.41) is 0. The first-order valence-electron chi connectivity index (χ1n) is 9.97. The molecular formula is C21H25F3O8S. The Kier molecular flexibility index (Phi) is 8.04. The van der Waals surface area contributed by atoms with Crippen molar-refractivity contribution < 1.29 is 49.6 Å². The van der Waals surface area contributed by atoms with E-state index in [1.165, 1.54) is 7.11 Å². The van der Waals surface area contributed by atoms with Gasteiger partial charge >= 0.3 is 27.6 Å². The largest absolute Gasteiger partial charge is 0.534 e. The Hall–Kier alpha value is -2.76. The summed E-state index contributed by atoms with van der Waals surface area (Å²) in [6, 6.07) is 0. The van der Waals surface area contributed by atoms with Gasteiger partial charge in [0.1, 0.15) is 17.9 Å². The Bertz CT molecular complexity index is 1070. The Balaban J connectivity index is 2.57. The molecule has 12 heteroatoms. The van der Waals surface area contributed by atoms with Crippen molar-refractivity contribution in [2.24, 2.45) is 5.92 Å². The summed E-state index contributed by atoms with van der Waals surface area (Å²) in [4.78, 5) is 24.1. The molecule has 0 amide bonds. The predicted octanol–water partition coefficient (Wildman–Crippen LogP) is 3.98. The minimum Gasteiger partial charge on any atom is -0.496 e. The number of methoxy groups -OCH3 is 1. The minimum absolute atomic E-state index is 0.0661. The van der Waals surface area contributed by atoms with Crippen molar-refractivity contribution in [2.75, 3.05) is 13.7 Å². The maximum absolute atomic E-state index is 13.0. The third-order valence-electron chi connectivity index (χ3n) is 5.07. The van der Waals surface area contributed by atoms with Crippen molar-refractivity contribution in [1.82, 2.24) is 0 Å². The van der Waals surface area contributed by atoms with E-state index in [0.29, 0.717) is 17.6 Å². The normalized spacial score (nSPS) is 15.0. The molecule has 0 radical (unpaired) electrons. The summed E-state index contributed by atoms with van der Waals surface area (Å²) >= 11 is 0. The molecule has 1 aromatic rings. The van der Waals surface area contributed by atoms with E-state index in [-0.39, 0.29) is 42.1 Å². The molecule has 8 nitrogen and oxygen atoms in total. The van der Waals surface area contributed by atoms with Crippen LogP contribution in [0.1, 0.15) is 54.2 Å². The molecule has 0 N–H and O–H groups in total. The second-order valence-electron chi connectivity index (χ2n) is 7.49. The highest BCUT2D eigenvalue weighted by Crippen LogP contribution is 2.44. The molecule has 0 saturated carbocycles. The van der Waals surface area contributed by atoms with Crippen LogP contribution in [0.3, 0.4) is 0 Å². The Morgan fingerprint density at radius 2 is 1.91 bits per heavy atom. The number of esters is 2. The van der Waals surface area contributed by atoms with Crippen molar-refractivity contribution in [3.8, 4) is 11.5 Å². The quantitative estimate of drug-likeness (QED) is 0.220. The van der Waals surface area contributed by atoms with Crippen molar-refractivity contribution >= 4 is 22.1 Å². The van der Waals surface area contributed by atoms with Crippen LogP contribution < -0.4 is 8.92 Å². The highest BCUT2D eigenvalue weighted by Gasteiger charge is 2.50. The van der Waals surface area contributed by atoms with Crippen molar-refractivity contribution in [3.05, 3.63) is 33.9 Å². The molecule has 1 aliphatic heterocycles. The maximum Gasteiger partial charge on any atom is 0.534 e. The summed E-state index contributed by atoms with van der Waals surface area (Å²) in [6.45, 7) is 6.58. The predicted molar refractivity (Wildman–Crippen MR) is 110 cm³/mol. The average Bonchev–Trinajstić information content (AvgIpc) is 3.09. The van der Waals surface area contributed by atoms with Crippen LogP contribution in [-0.2, 0) is 37.4 Å². The first-order chi connectivity index (χ1) is 15.2. The van der Waals surface area contributed by atoms with E-state index in [4.69, 9.17) is 14.2 Å². The number of alkyl halides is 3. The standard InChI is InChI=1S/C21H25F3O8S/c1-6-30-19(25)12(3)9-11(2)7-8-14-17(29-5)13(4)15-10-31-20(26)16(15)18(14)32-33(27,28)21(22,23)24/h7,12H,6,8-10H2,1-5H3. The molecular weight excluding hydrogens is 469 g/mol. The van der Waals surface area contributed by atoms with Gasteiger partial charge in [0.05, 0.1) is 19.6 Å². The maximum atomic E-state index is 13.0. The lowest BCUT2D eigenvalue weighted by atomic mass is 9.94. The summed E-state index contributed by atoms with van der Waals surface area (Å²) in [5.74, 6) is -2.59. The van der Waals surface area contributed by atoms with Crippen LogP contribution in [0.5, 0.6) is 11.5 Å². The SMILES string of the molecule is CCOC(=O)C(C)CC(C)=CCc1c(OC)c(C)c2c(c1OS(=O)(=O)C(F)(F)F)C(=O)OC2. The highest BCUT2D eigenvalue weighted by molar-refractivity contribution is 7.88. The number of rotatable bonds is 9. The van der Waals surface area contributed by atoms with Gasteiger partial charge in [-0.3, -0.25) is 4.79 Å². The fourth-order valence-corrected chi connectivity index (χ4v) is 3.97. The number of carbonyl (C=O) groups is 2. The van der Waals surface area contributed by atoms with Crippen molar-refractivity contribution in [1.29, 1.82) is 0 Å². The summed E-state index contributed by atoms with van der Waals surface area (Å²) in [5.41, 5.74) is -4.88. The van der Waals surface area contributed by atoms with Gasteiger partial charge in [0.25, 0.3) is 0 Å². The highest BCUT2D eigenvalue weighted by atomic mass is 32.2. The van der Waals surface area contributed by atoms with E-state index >= 15 is 0 Å². The van der Waals surface area contributed by atoms with Gasteiger partial charge in [0.15, 0.2) is 5.75 Å². The van der Waals surface area contributed by atoms with Gasteiger partial charge in [-0.15, -0.1) is 0 Å². The summed E-state index contributed by atoms with van der Waals surface area (Å²) in [6.07, 6.45) is 1.76. The Morgan fingerprint density at radius 3 is 2.45 bits per heavy atom. The number of allylic oxidation sites excluding steroid dienone is 2. The molecule has 2 rings (SSSR count). The van der Waals surface area contributed by atoms with Crippen LogP contribution in [0.15, 0.2) is 11.6 Å². The van der Waals surface area contributed by atoms with Gasteiger partial charge < -0.3 is 18.4 Å². The number of benzene rings is 1. The molecule has 0 fully saturated rings. The molecule has 1 aliphatic rings. The van der Waals surface area contributed by atoms with E-state index in [9.17, 15) is 31.2 Å². The monoisotopic (exact) mass is 494 g/mol. The van der Waals surface area contributed by atoms with E-state index in [2.05, 4.69) is 4.18 Å². The van der Waals surface area contributed by atoms with Gasteiger partial charge in [-0.25, -0.2) is 4.79 Å². The molecule has 33 heavy (non-hydrogen) atoms. The number of carbonyl (C=O) groups excluding carboxylic acids is 2. The summed E-state index contributed by atoms with van der Waals surface area (Å²) < 4.78 is 82.3. The fourth-order valence-electron chi connectivity index (χ4n) is 3.47. The molecule has 1 atom stereocenters. The number of hydrogen-bond donors (Lipinski definition) is 0. The van der Waals surface area contributed by atoms with Gasteiger partial charge in [0.2, 0.25) is 0 Å². The van der Waals surface area contributed by atoms with Gasteiger partial charge in [-0.05, 0) is 39.2 Å². The first kappa shape index (κ1) is 26.5. The zero-order valence-corrected chi connectivity index (χ0v) is 19.6. The molecule has 0 bridgehead atoms. The van der Waals surface area contributed by atoms with Crippen LogP contribution in [0.25, 0.3) is 0 Å². The third kappa shape index (κ3) is 5.60. The van der Waals surface area contributed by atoms with Crippen LogP contribution >= 0.6 is 0 Å². The Labute approximate surface area is 189 Å². The van der Waals surface area contributed by atoms with Gasteiger partial charge in [-0.1, -0.05) is 18.6 Å². The number of hydrogen-bond acceptors (Lipinski definition) is 8. The average molecular weight is 494 g/mol. The molecule has 1 heterocycles. The van der Waals surface area contributed by atoms with Gasteiger partial charge in [0, 0.05) is 11.1 Å². The van der Waals surface area contributed by atoms with Crippen LogP contribution in [0.2, 0.25) is 0 Å². The van der Waals surface area contributed by atoms with Gasteiger partial charge in [-0.2, -0.15) is 21.6 Å². The number of cyclic esters (lactones) is 1. The van der Waals surface area contributed by atoms with E-state index < -0.39 is 39.2 Å². The lowest BCUT2D eigenvalue weighted by molar-refractivity contribution is -0.147. The molecule has 0 saturated heterocycles. The van der Waals surface area contributed by atoms with Crippen LogP contribution in [0.4, 0.5) is 13.2 Å². The van der Waals surface area contributed by atoms with E-state index in [1.54, 1.807) is 33.8 Å². The van der Waals surface area contributed by atoms with Crippen molar-refractivity contribution in [3.63, 3.8) is 0 Å². The molecule has 0 aromatic heterocycles. The number of ether oxygens (including phenoxy) is 3. The van der Waals surface area contributed by atoms with Crippen LogP contribution in [0, 0.1) is 12.8 Å². The summed E-state index contributed by atoms with van der Waals surface area (Å²) in [7, 11) is -4.82. The lowest BCUT2D eigenvalue weighted by Crippen LogP contribution is -2.29. The molecule has 1 unspecified atom stereocenters. The smallest absolute Gasteiger partial charge is 0.496 e. The number of fused-ring (bicyclic) bond motifs is 1. The minimum atomic E-state index is -6.08. The van der Waals surface area contributed by atoms with Crippen LogP contribution in [-0.4, -0.2) is 39.6 Å². The third-order valence-corrected chi connectivity index (χ3v) is 6.03. The fraction of sp³-hybridized carbons (Fsp3) is 0.524.